The third-order valence-corrected chi connectivity index (χ3v) is 3.99. The second kappa shape index (κ2) is 7.10. The summed E-state index contributed by atoms with van der Waals surface area (Å²) in [6, 6.07) is 15.2. The number of fused-ring (bicyclic) bond motifs is 1. The summed E-state index contributed by atoms with van der Waals surface area (Å²) in [5, 5.41) is 11.0. The minimum Gasteiger partial charge on any atom is -0.350 e. The zero-order valence-electron chi connectivity index (χ0n) is 13.9. The Morgan fingerprint density at radius 1 is 1.04 bits per heavy atom. The van der Waals surface area contributed by atoms with Crippen LogP contribution in [0.5, 0.6) is 0 Å². The molecule has 0 aliphatic carbocycles. The average Bonchev–Trinajstić information content (AvgIpc) is 3.10. The normalized spacial score (nSPS) is 10.8. The van der Waals surface area contributed by atoms with E-state index in [0.29, 0.717) is 6.54 Å². The van der Waals surface area contributed by atoms with Crippen LogP contribution in [0.25, 0.3) is 22.3 Å². The topological polar surface area (TPSA) is 85.6 Å². The number of hydrogen-bond donors (Lipinski definition) is 1. The molecule has 0 bridgehead atoms. The molecule has 3 aromatic heterocycles. The lowest BCUT2D eigenvalue weighted by molar-refractivity contribution is -0.121. The highest BCUT2D eigenvalue weighted by Crippen LogP contribution is 2.15. The molecule has 1 amide bonds. The first-order valence-corrected chi connectivity index (χ1v) is 8.20. The smallest absolute Gasteiger partial charge is 0.242 e. The highest BCUT2D eigenvalue weighted by atomic mass is 16.2. The highest BCUT2D eigenvalue weighted by Gasteiger charge is 2.08. The molecule has 1 N–H and O–H groups in total. The summed E-state index contributed by atoms with van der Waals surface area (Å²) in [4.78, 5) is 20.7. The zero-order chi connectivity index (χ0) is 17.8. The maximum absolute atomic E-state index is 12.2. The number of carbonyl (C=O) groups excluding carboxylic acids is 1. The fourth-order valence-corrected chi connectivity index (χ4v) is 2.64. The molecular formula is C19H16N6O. The van der Waals surface area contributed by atoms with E-state index in [1.54, 1.807) is 23.3 Å². The first-order chi connectivity index (χ1) is 12.8. The summed E-state index contributed by atoms with van der Waals surface area (Å²) >= 11 is 0. The quantitative estimate of drug-likeness (QED) is 0.600. The van der Waals surface area contributed by atoms with Crippen molar-refractivity contribution in [3.05, 3.63) is 72.7 Å². The van der Waals surface area contributed by atoms with Gasteiger partial charge < -0.3 is 5.32 Å². The van der Waals surface area contributed by atoms with E-state index in [1.165, 1.54) is 0 Å². The van der Waals surface area contributed by atoms with Crippen LogP contribution in [0.3, 0.4) is 0 Å². The molecule has 0 radical (unpaired) electrons. The lowest BCUT2D eigenvalue weighted by Crippen LogP contribution is -2.27. The van der Waals surface area contributed by atoms with Crippen molar-refractivity contribution in [2.45, 2.75) is 13.1 Å². The van der Waals surface area contributed by atoms with Gasteiger partial charge in [0.05, 0.1) is 11.2 Å². The molecule has 0 aliphatic rings. The van der Waals surface area contributed by atoms with Crippen molar-refractivity contribution >= 4 is 16.9 Å². The Hall–Kier alpha value is -3.61. The zero-order valence-corrected chi connectivity index (χ0v) is 13.9. The molecule has 4 rings (SSSR count). The summed E-state index contributed by atoms with van der Waals surface area (Å²) < 4.78 is 1.59. The van der Waals surface area contributed by atoms with E-state index in [-0.39, 0.29) is 12.5 Å². The summed E-state index contributed by atoms with van der Waals surface area (Å²) in [7, 11) is 0. The van der Waals surface area contributed by atoms with E-state index in [9.17, 15) is 4.79 Å². The van der Waals surface area contributed by atoms with E-state index in [2.05, 4.69) is 25.6 Å². The molecule has 7 nitrogen and oxygen atoms in total. The summed E-state index contributed by atoms with van der Waals surface area (Å²) in [5.74, 6) is -0.128. The van der Waals surface area contributed by atoms with Gasteiger partial charge in [-0.2, -0.15) is 0 Å². The first kappa shape index (κ1) is 15.9. The van der Waals surface area contributed by atoms with Gasteiger partial charge in [0, 0.05) is 30.7 Å². The van der Waals surface area contributed by atoms with Gasteiger partial charge in [0.25, 0.3) is 0 Å². The molecule has 1 aromatic carbocycles. The van der Waals surface area contributed by atoms with Crippen LogP contribution in [0, 0.1) is 0 Å². The highest BCUT2D eigenvalue weighted by molar-refractivity contribution is 5.79. The summed E-state index contributed by atoms with van der Waals surface area (Å²) in [5.41, 5.74) is 4.35. The van der Waals surface area contributed by atoms with Gasteiger partial charge in [0.2, 0.25) is 5.91 Å². The van der Waals surface area contributed by atoms with Gasteiger partial charge in [-0.1, -0.05) is 23.4 Å². The van der Waals surface area contributed by atoms with Crippen molar-refractivity contribution in [1.82, 2.24) is 30.3 Å². The number of pyridine rings is 2. The standard InChI is InChI=1S/C19H16N6O/c26-19(13-25-18-6-2-1-5-17(18)23-24-25)22-11-14-7-8-16(21-10-14)15-4-3-9-20-12-15/h1-10,12H,11,13H2,(H,22,26). The number of nitrogens with zero attached hydrogens (tertiary/aromatic N) is 5. The molecule has 0 saturated carbocycles. The lowest BCUT2D eigenvalue weighted by atomic mass is 10.1. The van der Waals surface area contributed by atoms with E-state index < -0.39 is 0 Å². The van der Waals surface area contributed by atoms with Gasteiger partial charge in [-0.15, -0.1) is 5.10 Å². The molecule has 0 spiro atoms. The molecule has 26 heavy (non-hydrogen) atoms. The van der Waals surface area contributed by atoms with Crippen LogP contribution in [0.4, 0.5) is 0 Å². The number of amides is 1. The third-order valence-electron chi connectivity index (χ3n) is 3.99. The molecule has 4 aromatic rings. The molecule has 0 unspecified atom stereocenters. The number of nitrogens with one attached hydrogen (secondary N) is 1. The van der Waals surface area contributed by atoms with Crippen LogP contribution < -0.4 is 5.32 Å². The van der Waals surface area contributed by atoms with Gasteiger partial charge in [0.15, 0.2) is 0 Å². The van der Waals surface area contributed by atoms with Gasteiger partial charge in [-0.3, -0.25) is 14.8 Å². The number of rotatable bonds is 5. The molecule has 3 heterocycles. The third kappa shape index (κ3) is 3.41. The Labute approximate surface area is 149 Å². The van der Waals surface area contributed by atoms with Crippen molar-refractivity contribution in [2.75, 3.05) is 0 Å². The number of aromatic nitrogens is 5. The fourth-order valence-electron chi connectivity index (χ4n) is 2.64. The van der Waals surface area contributed by atoms with Crippen molar-refractivity contribution in [2.24, 2.45) is 0 Å². The van der Waals surface area contributed by atoms with E-state index in [0.717, 1.165) is 27.9 Å². The first-order valence-electron chi connectivity index (χ1n) is 8.20. The van der Waals surface area contributed by atoms with Crippen LogP contribution in [-0.2, 0) is 17.9 Å². The Morgan fingerprint density at radius 3 is 2.77 bits per heavy atom. The Kier molecular flexibility index (Phi) is 4.34. The number of carbonyl (C=O) groups is 1. The SMILES string of the molecule is O=C(Cn1nnc2ccccc21)NCc1ccc(-c2cccnc2)nc1. The molecule has 128 valence electrons. The molecule has 0 aliphatic heterocycles. The monoisotopic (exact) mass is 344 g/mol. The van der Waals surface area contributed by atoms with Crippen molar-refractivity contribution in [3.63, 3.8) is 0 Å². The Bertz CT molecular complexity index is 1030. The lowest BCUT2D eigenvalue weighted by Gasteiger charge is -2.07. The van der Waals surface area contributed by atoms with Crippen LogP contribution >= 0.6 is 0 Å². The maximum Gasteiger partial charge on any atom is 0.242 e. The van der Waals surface area contributed by atoms with E-state index >= 15 is 0 Å². The van der Waals surface area contributed by atoms with Crippen molar-refractivity contribution in [3.8, 4) is 11.3 Å². The molecule has 0 saturated heterocycles. The number of para-hydroxylation sites is 1. The van der Waals surface area contributed by atoms with Crippen LogP contribution in [0.15, 0.2) is 67.1 Å². The second-order valence-corrected chi connectivity index (χ2v) is 5.81. The maximum atomic E-state index is 12.2. The van der Waals surface area contributed by atoms with Crippen LogP contribution in [0.1, 0.15) is 5.56 Å². The molecular weight excluding hydrogens is 328 g/mol. The van der Waals surface area contributed by atoms with Gasteiger partial charge in [-0.25, -0.2) is 4.68 Å². The van der Waals surface area contributed by atoms with Crippen LogP contribution in [0.2, 0.25) is 0 Å². The fraction of sp³-hybridized carbons (Fsp3) is 0.105. The minimum absolute atomic E-state index is 0.127. The van der Waals surface area contributed by atoms with Crippen molar-refractivity contribution in [1.29, 1.82) is 0 Å². The second-order valence-electron chi connectivity index (χ2n) is 5.81. The van der Waals surface area contributed by atoms with Gasteiger partial charge >= 0.3 is 0 Å². The number of benzene rings is 1. The van der Waals surface area contributed by atoms with E-state index in [4.69, 9.17) is 0 Å². The molecule has 7 heteroatoms. The summed E-state index contributed by atoms with van der Waals surface area (Å²) in [6.45, 7) is 0.535. The van der Waals surface area contributed by atoms with E-state index in [1.807, 2.05) is 48.5 Å². The predicted octanol–water partition coefficient (Wildman–Crippen LogP) is 2.20. The summed E-state index contributed by atoms with van der Waals surface area (Å²) in [6.07, 6.45) is 5.26. The van der Waals surface area contributed by atoms with Gasteiger partial charge in [-0.05, 0) is 35.9 Å². The molecule has 0 fully saturated rings. The number of hydrogen-bond acceptors (Lipinski definition) is 5. The van der Waals surface area contributed by atoms with Crippen molar-refractivity contribution < 1.29 is 4.79 Å². The average molecular weight is 344 g/mol. The molecule has 0 atom stereocenters. The Balaban J connectivity index is 1.37. The van der Waals surface area contributed by atoms with Crippen LogP contribution in [-0.4, -0.2) is 30.9 Å². The Morgan fingerprint density at radius 2 is 1.96 bits per heavy atom. The largest absolute Gasteiger partial charge is 0.350 e. The van der Waals surface area contributed by atoms with Gasteiger partial charge in [0.1, 0.15) is 12.1 Å². The predicted molar refractivity (Wildman–Crippen MR) is 96.8 cm³/mol. The minimum atomic E-state index is -0.128.